The molecule has 262 valence electrons. The zero-order valence-electron chi connectivity index (χ0n) is 29.4. The van der Waals surface area contributed by atoms with Crippen molar-refractivity contribution < 1.29 is 22.6 Å². The molecule has 8 heteroatoms. The van der Waals surface area contributed by atoms with Crippen LogP contribution in [-0.4, -0.2) is 81.1 Å². The van der Waals surface area contributed by atoms with Gasteiger partial charge in [0.25, 0.3) is 0 Å². The molecule has 3 fully saturated rings. The van der Waals surface area contributed by atoms with Crippen LogP contribution in [0.5, 0.6) is 5.75 Å². The fourth-order valence-corrected chi connectivity index (χ4v) is 8.35. The molecular formula is C39H58F3N3O2. The van der Waals surface area contributed by atoms with Gasteiger partial charge in [-0.15, -0.1) is 0 Å². The Morgan fingerprint density at radius 2 is 1.62 bits per heavy atom. The van der Waals surface area contributed by atoms with Crippen LogP contribution in [-0.2, 0) is 16.7 Å². The second-order valence-electron chi connectivity index (χ2n) is 15.9. The topological polar surface area (TPSA) is 37.0 Å². The van der Waals surface area contributed by atoms with E-state index in [1.54, 1.807) is 7.11 Å². The van der Waals surface area contributed by atoms with Gasteiger partial charge in [-0.25, -0.2) is 0 Å². The second-order valence-corrected chi connectivity index (χ2v) is 15.9. The Balaban J connectivity index is 1.27. The minimum Gasteiger partial charge on any atom is -0.497 e. The van der Waals surface area contributed by atoms with Crippen LogP contribution in [0, 0.1) is 11.3 Å². The van der Waals surface area contributed by atoms with Gasteiger partial charge in [-0.05, 0) is 120 Å². The number of nitrogens with one attached hydrogen (secondary N) is 1. The molecule has 0 radical (unpaired) electrons. The fraction of sp³-hybridized carbons (Fsp3) is 0.692. The van der Waals surface area contributed by atoms with E-state index in [1.807, 2.05) is 17.0 Å². The maximum atomic E-state index is 14.2. The second kappa shape index (κ2) is 15.2. The standard InChI is InChI=1S/C39H58F3N3O2/c1-36(2,39(40,41)42)29-45(22-18-38(19-25-47-37(3,4)28-38)34-14-16-35(46-5)17-15-34)27-31-8-12-33(13-9-31)32-10-6-30(7-11-32)26-44-23-20-43-21-24-44/h8-9,12-17,30,32,43H,6-7,10-11,18-29H2,1-5H3/t30-,32-,38-/m1/s1. The fourth-order valence-electron chi connectivity index (χ4n) is 8.35. The summed E-state index contributed by atoms with van der Waals surface area (Å²) in [4.78, 5) is 4.65. The lowest BCUT2D eigenvalue weighted by molar-refractivity contribution is -0.217. The average Bonchev–Trinajstić information content (AvgIpc) is 3.04. The molecular weight excluding hydrogens is 599 g/mol. The molecule has 5 nitrogen and oxygen atoms in total. The lowest BCUT2D eigenvalue weighted by Gasteiger charge is -2.46. The average molecular weight is 658 g/mol. The van der Waals surface area contributed by atoms with Gasteiger partial charge in [0.15, 0.2) is 0 Å². The Kier molecular flexibility index (Phi) is 11.7. The Labute approximate surface area is 281 Å². The van der Waals surface area contributed by atoms with E-state index in [0.29, 0.717) is 25.6 Å². The summed E-state index contributed by atoms with van der Waals surface area (Å²) < 4.78 is 54.1. The highest BCUT2D eigenvalue weighted by Crippen LogP contribution is 2.45. The number of alkyl halides is 3. The number of nitrogens with zero attached hydrogens (tertiary/aromatic N) is 2. The first-order chi connectivity index (χ1) is 22.3. The third kappa shape index (κ3) is 9.52. The van der Waals surface area contributed by atoms with Gasteiger partial charge >= 0.3 is 6.18 Å². The Bertz CT molecular complexity index is 1250. The van der Waals surface area contributed by atoms with E-state index in [0.717, 1.165) is 62.7 Å². The molecule has 0 unspecified atom stereocenters. The minimum atomic E-state index is -4.28. The number of hydrogen-bond donors (Lipinski definition) is 1. The zero-order valence-corrected chi connectivity index (χ0v) is 29.4. The van der Waals surface area contributed by atoms with E-state index in [4.69, 9.17) is 9.47 Å². The van der Waals surface area contributed by atoms with Gasteiger partial charge in [-0.3, -0.25) is 4.90 Å². The number of rotatable bonds is 12. The molecule has 0 spiro atoms. The highest BCUT2D eigenvalue weighted by atomic mass is 19.4. The molecule has 1 atom stereocenters. The molecule has 2 aromatic rings. The third-order valence-corrected chi connectivity index (χ3v) is 11.3. The van der Waals surface area contributed by atoms with Crippen molar-refractivity contribution >= 4 is 0 Å². The van der Waals surface area contributed by atoms with E-state index in [-0.39, 0.29) is 17.6 Å². The molecule has 1 saturated carbocycles. The van der Waals surface area contributed by atoms with Gasteiger partial charge in [0.2, 0.25) is 0 Å². The summed E-state index contributed by atoms with van der Waals surface area (Å²) >= 11 is 0. The van der Waals surface area contributed by atoms with Crippen LogP contribution < -0.4 is 10.1 Å². The van der Waals surface area contributed by atoms with E-state index in [1.165, 1.54) is 57.2 Å². The van der Waals surface area contributed by atoms with E-state index in [9.17, 15) is 13.2 Å². The molecule has 1 aliphatic carbocycles. The predicted octanol–water partition coefficient (Wildman–Crippen LogP) is 8.18. The molecule has 0 amide bonds. The van der Waals surface area contributed by atoms with Gasteiger partial charge in [0.1, 0.15) is 5.75 Å². The molecule has 0 bridgehead atoms. The molecule has 0 aromatic heterocycles. The van der Waals surface area contributed by atoms with Gasteiger partial charge in [-0.2, -0.15) is 13.2 Å². The first-order valence-corrected chi connectivity index (χ1v) is 17.9. The third-order valence-electron chi connectivity index (χ3n) is 11.3. The van der Waals surface area contributed by atoms with Crippen LogP contribution in [0.25, 0.3) is 0 Å². The molecule has 2 aliphatic heterocycles. The van der Waals surface area contributed by atoms with Gasteiger partial charge in [-0.1, -0.05) is 36.4 Å². The number of ether oxygens (including phenoxy) is 2. The van der Waals surface area contributed by atoms with Crippen molar-refractivity contribution in [3.8, 4) is 5.75 Å². The number of methoxy groups -OCH3 is 1. The van der Waals surface area contributed by atoms with Gasteiger partial charge in [0.05, 0.1) is 18.1 Å². The Morgan fingerprint density at radius 1 is 0.957 bits per heavy atom. The lowest BCUT2D eigenvalue weighted by Crippen LogP contribution is -2.47. The SMILES string of the molecule is COc1ccc([C@]2(CCN(Cc3ccc([C@H]4CC[C@H](CN5CCNCC5)CC4)cc3)CC(C)(C)C(F)(F)F)CCOC(C)(C)C2)cc1. The summed E-state index contributed by atoms with van der Waals surface area (Å²) in [7, 11) is 1.66. The van der Waals surface area contributed by atoms with Gasteiger partial charge in [0, 0.05) is 57.8 Å². The molecule has 2 aromatic carbocycles. The first kappa shape index (κ1) is 36.2. The largest absolute Gasteiger partial charge is 0.497 e. The summed E-state index contributed by atoms with van der Waals surface area (Å²) in [6.07, 6.45) is 3.11. The Hall–Kier alpha value is -2.13. The van der Waals surface area contributed by atoms with Crippen LogP contribution in [0.4, 0.5) is 13.2 Å². The molecule has 5 rings (SSSR count). The van der Waals surface area contributed by atoms with E-state index >= 15 is 0 Å². The van der Waals surface area contributed by atoms with Crippen LogP contribution in [0.1, 0.15) is 95.2 Å². The highest BCUT2D eigenvalue weighted by molar-refractivity contribution is 5.33. The van der Waals surface area contributed by atoms with Crippen molar-refractivity contribution in [2.24, 2.45) is 11.3 Å². The smallest absolute Gasteiger partial charge is 0.395 e. The minimum absolute atomic E-state index is 0.0477. The summed E-state index contributed by atoms with van der Waals surface area (Å²) in [6, 6.07) is 17.0. The van der Waals surface area contributed by atoms with Crippen molar-refractivity contribution in [1.29, 1.82) is 0 Å². The lowest BCUT2D eigenvalue weighted by atomic mass is 9.67. The molecule has 2 heterocycles. The van der Waals surface area contributed by atoms with E-state index in [2.05, 4.69) is 60.5 Å². The molecule has 1 N–H and O–H groups in total. The highest BCUT2D eigenvalue weighted by Gasteiger charge is 2.48. The van der Waals surface area contributed by atoms with Crippen molar-refractivity contribution in [3.63, 3.8) is 0 Å². The van der Waals surface area contributed by atoms with Crippen LogP contribution in [0.2, 0.25) is 0 Å². The van der Waals surface area contributed by atoms with Crippen molar-refractivity contribution in [1.82, 2.24) is 15.1 Å². The van der Waals surface area contributed by atoms with Crippen molar-refractivity contribution in [3.05, 3.63) is 65.2 Å². The predicted molar refractivity (Wildman–Crippen MR) is 184 cm³/mol. The molecule has 3 aliphatic rings. The summed E-state index contributed by atoms with van der Waals surface area (Å²) in [5, 5.41) is 3.45. The maximum Gasteiger partial charge on any atom is 0.395 e. The van der Waals surface area contributed by atoms with Crippen LogP contribution in [0.3, 0.4) is 0 Å². The number of piperazine rings is 1. The van der Waals surface area contributed by atoms with Crippen molar-refractivity contribution in [2.45, 2.75) is 102 Å². The van der Waals surface area contributed by atoms with E-state index < -0.39 is 11.6 Å². The summed E-state index contributed by atoms with van der Waals surface area (Å²) in [5.74, 6) is 2.16. The first-order valence-electron chi connectivity index (χ1n) is 17.9. The molecule has 47 heavy (non-hydrogen) atoms. The van der Waals surface area contributed by atoms with Gasteiger partial charge < -0.3 is 19.7 Å². The summed E-state index contributed by atoms with van der Waals surface area (Å²) in [6.45, 7) is 14.3. The molecule has 2 saturated heterocycles. The van der Waals surface area contributed by atoms with Crippen LogP contribution >= 0.6 is 0 Å². The monoisotopic (exact) mass is 657 g/mol. The van der Waals surface area contributed by atoms with Crippen molar-refractivity contribution in [2.75, 3.05) is 59.5 Å². The number of benzene rings is 2. The summed E-state index contributed by atoms with van der Waals surface area (Å²) in [5.41, 5.74) is 1.33. The number of hydrogen-bond acceptors (Lipinski definition) is 5. The maximum absolute atomic E-state index is 14.2. The van der Waals surface area contributed by atoms with Crippen LogP contribution in [0.15, 0.2) is 48.5 Å². The normalized spacial score (nSPS) is 26.0. The Morgan fingerprint density at radius 3 is 2.21 bits per heavy atom. The number of halogens is 3. The quantitative estimate of drug-likeness (QED) is 0.249. The zero-order chi connectivity index (χ0) is 33.7.